The summed E-state index contributed by atoms with van der Waals surface area (Å²) >= 11 is 5.89. The van der Waals surface area contributed by atoms with Gasteiger partial charge >= 0.3 is 5.97 Å². The molecule has 0 spiro atoms. The van der Waals surface area contributed by atoms with Crippen LogP contribution in [0.25, 0.3) is 10.9 Å². The highest BCUT2D eigenvalue weighted by Crippen LogP contribution is 2.30. The average Bonchev–Trinajstić information content (AvgIpc) is 2.86. The van der Waals surface area contributed by atoms with Gasteiger partial charge in [-0.15, -0.1) is 12.4 Å². The molecule has 3 rings (SSSR count). The molecule has 1 aromatic heterocycles. The molecule has 26 heavy (non-hydrogen) atoms. The molecule has 1 heterocycles. The van der Waals surface area contributed by atoms with E-state index in [2.05, 4.69) is 0 Å². The molecule has 0 saturated heterocycles. The van der Waals surface area contributed by atoms with Gasteiger partial charge in [0.25, 0.3) is 5.91 Å². The molecule has 0 aliphatic carbocycles. The zero-order chi connectivity index (χ0) is 18.1. The van der Waals surface area contributed by atoms with Crippen molar-refractivity contribution < 1.29 is 19.4 Å². The second kappa shape index (κ2) is 7.81. The van der Waals surface area contributed by atoms with Crippen LogP contribution in [0.5, 0.6) is 5.75 Å². The summed E-state index contributed by atoms with van der Waals surface area (Å²) in [4.78, 5) is 24.3. The number of carboxylic acids is 1. The quantitative estimate of drug-likeness (QED) is 0.715. The number of carbonyl (C=O) groups excluding carboxylic acids is 1. The molecule has 0 saturated carbocycles. The van der Waals surface area contributed by atoms with Crippen molar-refractivity contribution in [2.45, 2.75) is 13.3 Å². The van der Waals surface area contributed by atoms with Gasteiger partial charge in [0.1, 0.15) is 5.75 Å². The normalized spacial score (nSPS) is 10.4. The molecule has 0 radical (unpaired) electrons. The number of ether oxygens (including phenoxy) is 1. The smallest absolute Gasteiger partial charge is 0.307 e. The first kappa shape index (κ1) is 19.8. The van der Waals surface area contributed by atoms with E-state index in [0.29, 0.717) is 38.5 Å². The molecule has 2 aromatic carbocycles. The molecule has 5 nitrogen and oxygen atoms in total. The van der Waals surface area contributed by atoms with Crippen molar-refractivity contribution in [3.8, 4) is 5.75 Å². The molecule has 0 bridgehead atoms. The fourth-order valence-corrected chi connectivity index (χ4v) is 3.07. The highest BCUT2D eigenvalue weighted by Gasteiger charge is 2.21. The number of fused-ring (bicyclic) bond motifs is 1. The van der Waals surface area contributed by atoms with Crippen LogP contribution in [0.15, 0.2) is 42.5 Å². The van der Waals surface area contributed by atoms with E-state index in [4.69, 9.17) is 16.3 Å². The van der Waals surface area contributed by atoms with Crippen LogP contribution in [0.4, 0.5) is 0 Å². The Hall–Kier alpha value is -2.50. The van der Waals surface area contributed by atoms with E-state index < -0.39 is 5.97 Å². The fourth-order valence-electron chi connectivity index (χ4n) is 2.95. The summed E-state index contributed by atoms with van der Waals surface area (Å²) in [6.07, 6.45) is -0.170. The lowest BCUT2D eigenvalue weighted by atomic mass is 10.1. The van der Waals surface area contributed by atoms with Gasteiger partial charge < -0.3 is 9.84 Å². The maximum absolute atomic E-state index is 13.0. The van der Waals surface area contributed by atoms with Gasteiger partial charge in [-0.2, -0.15) is 0 Å². The Morgan fingerprint density at radius 2 is 1.81 bits per heavy atom. The number of carbonyl (C=O) groups is 2. The van der Waals surface area contributed by atoms with Gasteiger partial charge in [0.15, 0.2) is 0 Å². The van der Waals surface area contributed by atoms with E-state index in [1.807, 2.05) is 0 Å². The number of aliphatic carboxylic acids is 1. The van der Waals surface area contributed by atoms with Gasteiger partial charge in [0.05, 0.1) is 19.0 Å². The molecule has 0 aliphatic rings. The predicted molar refractivity (Wildman–Crippen MR) is 103 cm³/mol. The van der Waals surface area contributed by atoms with Gasteiger partial charge in [-0.1, -0.05) is 11.6 Å². The maximum atomic E-state index is 13.0. The molecule has 0 fully saturated rings. The number of aromatic nitrogens is 1. The van der Waals surface area contributed by atoms with E-state index in [0.717, 1.165) is 0 Å². The molecule has 0 amide bonds. The van der Waals surface area contributed by atoms with Crippen LogP contribution in [-0.4, -0.2) is 28.7 Å². The molecule has 1 N–H and O–H groups in total. The summed E-state index contributed by atoms with van der Waals surface area (Å²) in [5.41, 5.74) is 2.32. The summed E-state index contributed by atoms with van der Waals surface area (Å²) in [7, 11) is 1.54. The zero-order valence-corrected chi connectivity index (χ0v) is 15.7. The van der Waals surface area contributed by atoms with Gasteiger partial charge in [-0.3, -0.25) is 14.2 Å². The van der Waals surface area contributed by atoms with Gasteiger partial charge in [0, 0.05) is 21.7 Å². The molecule has 136 valence electrons. The number of halogens is 2. The lowest BCUT2D eigenvalue weighted by Gasteiger charge is -2.08. The highest BCUT2D eigenvalue weighted by molar-refractivity contribution is 6.30. The molecular weight excluding hydrogens is 377 g/mol. The van der Waals surface area contributed by atoms with E-state index in [1.165, 1.54) is 4.57 Å². The van der Waals surface area contributed by atoms with Crippen LogP contribution >= 0.6 is 24.0 Å². The minimum absolute atomic E-state index is 0. The lowest BCUT2D eigenvalue weighted by Crippen LogP contribution is -2.14. The third kappa shape index (κ3) is 3.54. The van der Waals surface area contributed by atoms with Crippen LogP contribution < -0.4 is 4.74 Å². The van der Waals surface area contributed by atoms with Crippen LogP contribution in [-0.2, 0) is 11.2 Å². The Balaban J connectivity index is 0.00000243. The monoisotopic (exact) mass is 393 g/mol. The summed E-state index contributed by atoms with van der Waals surface area (Å²) in [5.74, 6) is -0.583. The Morgan fingerprint density at radius 3 is 2.38 bits per heavy atom. The standard InChI is InChI=1S/C19H16ClNO4.ClH/c1-11-15(10-18(22)23)16-9-14(25-2)7-8-17(16)21(11)19(24)12-3-5-13(20)6-4-12;/h3-9H,10H2,1-2H3,(H,22,23);1H. The van der Waals surface area contributed by atoms with Gasteiger partial charge in [-0.25, -0.2) is 0 Å². The van der Waals surface area contributed by atoms with E-state index >= 15 is 0 Å². The van der Waals surface area contributed by atoms with Crippen LogP contribution in [0.1, 0.15) is 21.6 Å². The van der Waals surface area contributed by atoms with Crippen molar-refractivity contribution in [2.75, 3.05) is 7.11 Å². The first-order valence-corrected chi connectivity index (χ1v) is 8.00. The maximum Gasteiger partial charge on any atom is 0.307 e. The minimum atomic E-state index is -0.955. The van der Waals surface area contributed by atoms with Crippen LogP contribution in [0, 0.1) is 6.92 Å². The molecule has 0 unspecified atom stereocenters. The van der Waals surface area contributed by atoms with Crippen molar-refractivity contribution in [3.05, 3.63) is 64.3 Å². The Bertz CT molecular complexity index is 977. The second-order valence-corrected chi connectivity index (χ2v) is 6.10. The topological polar surface area (TPSA) is 68.5 Å². The van der Waals surface area contributed by atoms with Crippen LogP contribution in [0.2, 0.25) is 5.02 Å². The zero-order valence-electron chi connectivity index (χ0n) is 14.2. The number of hydrogen-bond acceptors (Lipinski definition) is 3. The number of benzene rings is 2. The number of carboxylic acid groups (broad SMARTS) is 1. The molecule has 7 heteroatoms. The Kier molecular flexibility index (Phi) is 5.95. The summed E-state index contributed by atoms with van der Waals surface area (Å²) < 4.78 is 6.77. The summed E-state index contributed by atoms with van der Waals surface area (Å²) in [6, 6.07) is 11.9. The third-order valence-electron chi connectivity index (χ3n) is 4.16. The van der Waals surface area contributed by atoms with Crippen molar-refractivity contribution in [1.29, 1.82) is 0 Å². The minimum Gasteiger partial charge on any atom is -0.497 e. The van der Waals surface area contributed by atoms with E-state index in [9.17, 15) is 14.7 Å². The SMILES string of the molecule is COc1ccc2c(c1)c(CC(=O)O)c(C)n2C(=O)c1ccc(Cl)cc1.Cl. The highest BCUT2D eigenvalue weighted by atomic mass is 35.5. The second-order valence-electron chi connectivity index (χ2n) is 5.67. The van der Waals surface area contributed by atoms with Crippen molar-refractivity contribution in [2.24, 2.45) is 0 Å². The van der Waals surface area contributed by atoms with E-state index in [-0.39, 0.29) is 24.7 Å². The van der Waals surface area contributed by atoms with Crippen molar-refractivity contribution >= 4 is 46.8 Å². The number of methoxy groups -OCH3 is 1. The largest absolute Gasteiger partial charge is 0.497 e. The first-order valence-electron chi connectivity index (χ1n) is 7.62. The molecule has 0 atom stereocenters. The summed E-state index contributed by atoms with van der Waals surface area (Å²) in [6.45, 7) is 1.75. The predicted octanol–water partition coefficient (Wildman–Crippen LogP) is 4.35. The van der Waals surface area contributed by atoms with Crippen LogP contribution in [0.3, 0.4) is 0 Å². The lowest BCUT2D eigenvalue weighted by molar-refractivity contribution is -0.136. The Labute approximate surface area is 161 Å². The number of rotatable bonds is 4. The summed E-state index contributed by atoms with van der Waals surface area (Å²) in [5, 5.41) is 10.5. The van der Waals surface area contributed by atoms with Crippen molar-refractivity contribution in [1.82, 2.24) is 4.57 Å². The third-order valence-corrected chi connectivity index (χ3v) is 4.42. The number of hydrogen-bond donors (Lipinski definition) is 1. The van der Waals surface area contributed by atoms with E-state index in [1.54, 1.807) is 56.5 Å². The Morgan fingerprint density at radius 1 is 1.15 bits per heavy atom. The van der Waals surface area contributed by atoms with Gasteiger partial charge in [0.2, 0.25) is 0 Å². The average molecular weight is 394 g/mol. The molecular formula is C19H17Cl2NO4. The van der Waals surface area contributed by atoms with Crippen molar-refractivity contribution in [3.63, 3.8) is 0 Å². The number of nitrogens with zero attached hydrogens (tertiary/aromatic N) is 1. The fraction of sp³-hybridized carbons (Fsp3) is 0.158. The molecule has 0 aliphatic heterocycles. The van der Waals surface area contributed by atoms with Gasteiger partial charge in [-0.05, 0) is 55.0 Å². The molecule has 3 aromatic rings. The first-order chi connectivity index (χ1) is 11.9.